The lowest BCUT2D eigenvalue weighted by Gasteiger charge is -2.28. The van der Waals surface area contributed by atoms with Crippen molar-refractivity contribution in [1.29, 1.82) is 0 Å². The van der Waals surface area contributed by atoms with Crippen molar-refractivity contribution in [2.75, 3.05) is 20.2 Å². The van der Waals surface area contributed by atoms with Gasteiger partial charge < -0.3 is 19.8 Å². The maximum absolute atomic E-state index is 14.2. The van der Waals surface area contributed by atoms with Crippen LogP contribution in [0.4, 0.5) is 0 Å². The molecule has 0 saturated carbocycles. The summed E-state index contributed by atoms with van der Waals surface area (Å²) in [5.74, 6) is -2.63. The van der Waals surface area contributed by atoms with Crippen LogP contribution >= 0.6 is 0 Å². The van der Waals surface area contributed by atoms with E-state index in [0.717, 1.165) is 47.0 Å². The van der Waals surface area contributed by atoms with Crippen molar-refractivity contribution in [1.82, 2.24) is 19.1 Å². The minimum absolute atomic E-state index is 0.199. The lowest BCUT2D eigenvalue weighted by Crippen LogP contribution is -3.11. The summed E-state index contributed by atoms with van der Waals surface area (Å²) in [6, 6.07) is 21.2. The first kappa shape index (κ1) is 30.4. The van der Waals surface area contributed by atoms with Crippen LogP contribution < -0.4 is 37.2 Å². The first-order valence-corrected chi connectivity index (χ1v) is 15.0. The Morgan fingerprint density at radius 2 is 1.37 bits per heavy atom. The van der Waals surface area contributed by atoms with Crippen LogP contribution in [0.15, 0.2) is 98.0 Å². The Morgan fingerprint density at radius 1 is 0.804 bits per heavy atom. The Labute approximate surface area is 262 Å². The van der Waals surface area contributed by atoms with Crippen molar-refractivity contribution in [2.45, 2.75) is 31.7 Å². The average molecular weight is 624 g/mol. The number of quaternary nitrogens is 1. The van der Waals surface area contributed by atoms with Gasteiger partial charge in [-0.2, -0.15) is 0 Å². The number of ether oxygens (including phenoxy) is 1. The largest absolute Gasteiger partial charge is 0.859 e. The van der Waals surface area contributed by atoms with E-state index in [1.807, 2.05) is 0 Å². The van der Waals surface area contributed by atoms with E-state index in [-0.39, 0.29) is 11.4 Å². The molecule has 2 aromatic heterocycles. The van der Waals surface area contributed by atoms with Gasteiger partial charge in [0, 0.05) is 16.8 Å². The zero-order chi connectivity index (χ0) is 32.4. The number of nitrogens with zero attached hydrogens (tertiary/aromatic N) is 2. The molecule has 6 rings (SSSR count). The highest BCUT2D eigenvalue weighted by atomic mass is 16.5. The third-order valence-corrected chi connectivity index (χ3v) is 8.47. The number of hydrogen-bond donors (Lipinski definition) is 4. The molecule has 4 N–H and O–H groups in total. The van der Waals surface area contributed by atoms with Gasteiger partial charge in [-0.15, -0.1) is 0 Å². The number of rotatable bonds is 8. The van der Waals surface area contributed by atoms with Gasteiger partial charge in [0.2, 0.25) is 5.88 Å². The second kappa shape index (κ2) is 12.8. The summed E-state index contributed by atoms with van der Waals surface area (Å²) >= 11 is 0. The number of aromatic hydroxyl groups is 1. The summed E-state index contributed by atoms with van der Waals surface area (Å²) < 4.78 is 7.37. The first-order valence-electron chi connectivity index (χ1n) is 15.0. The number of aromatic nitrogens is 4. The van der Waals surface area contributed by atoms with Crippen LogP contribution in [0.2, 0.25) is 0 Å². The highest BCUT2D eigenvalue weighted by Crippen LogP contribution is 2.38. The molecule has 3 heterocycles. The number of H-pyrrole nitrogens is 2. The third-order valence-electron chi connectivity index (χ3n) is 8.47. The molecular formula is C34H33N5O7. The number of benzene rings is 3. The summed E-state index contributed by atoms with van der Waals surface area (Å²) in [6.45, 7) is 2.51. The summed E-state index contributed by atoms with van der Waals surface area (Å²) in [5, 5.41) is 25.9. The van der Waals surface area contributed by atoms with Gasteiger partial charge >= 0.3 is 11.4 Å². The molecule has 0 radical (unpaired) electrons. The van der Waals surface area contributed by atoms with E-state index in [1.165, 1.54) is 17.0 Å². The van der Waals surface area contributed by atoms with E-state index in [0.29, 0.717) is 17.9 Å². The smallest absolute Gasteiger partial charge is 0.335 e. The molecule has 1 atom stereocenters. The van der Waals surface area contributed by atoms with E-state index >= 15 is 0 Å². The van der Waals surface area contributed by atoms with Crippen LogP contribution in [0, 0.1) is 0 Å². The second-order valence-corrected chi connectivity index (χ2v) is 11.3. The Kier molecular flexibility index (Phi) is 8.45. The van der Waals surface area contributed by atoms with Crippen molar-refractivity contribution < 1.29 is 19.8 Å². The second-order valence-electron chi connectivity index (χ2n) is 11.3. The van der Waals surface area contributed by atoms with E-state index in [2.05, 4.69) is 9.97 Å². The topological polar surface area (TPSA) is 167 Å². The molecule has 0 aliphatic carbocycles. The highest BCUT2D eigenvalue weighted by molar-refractivity contribution is 5.53. The molecule has 12 heteroatoms. The molecule has 1 aliphatic heterocycles. The lowest BCUT2D eigenvalue weighted by molar-refractivity contribution is -0.918. The number of nitrogens with one attached hydrogen (secondary N) is 3. The van der Waals surface area contributed by atoms with Gasteiger partial charge in [-0.25, -0.2) is 14.2 Å². The predicted octanol–water partition coefficient (Wildman–Crippen LogP) is 0.902. The molecule has 1 fully saturated rings. The van der Waals surface area contributed by atoms with Crippen LogP contribution in [0.3, 0.4) is 0 Å². The molecule has 5 aromatic rings. The highest BCUT2D eigenvalue weighted by Gasteiger charge is 2.31. The quantitative estimate of drug-likeness (QED) is 0.199. The number of likely N-dealkylation sites (tertiary alicyclic amines) is 1. The normalized spacial score (nSPS) is 14.2. The fraction of sp³-hybridized carbons (Fsp3) is 0.235. The monoisotopic (exact) mass is 623 g/mol. The lowest BCUT2D eigenvalue weighted by atomic mass is 9.85. The van der Waals surface area contributed by atoms with E-state index in [1.54, 1.807) is 73.8 Å². The van der Waals surface area contributed by atoms with Crippen LogP contribution in [0.1, 0.15) is 47.4 Å². The van der Waals surface area contributed by atoms with Crippen molar-refractivity contribution in [2.24, 2.45) is 0 Å². The molecule has 0 bridgehead atoms. The standard InChI is InChI=1S/C34H33N5O7/c1-46-25-16-15-21(19-22(25)20-37-17-9-4-10-18-37)26(27-29(40)35-33(44)38(31(27)42)23-11-5-2-6-12-23)28-30(41)36-34(45)39(32(28)43)24-13-7-3-8-14-24/h2-3,5-8,11-16,19,26,42-43H,4,9-10,17-18,20H2,1H3,(H,35,40,44)(H,36,41,45). The van der Waals surface area contributed by atoms with Crippen molar-refractivity contribution in [3.8, 4) is 28.9 Å². The molecule has 1 saturated heterocycles. The average Bonchev–Trinajstić information content (AvgIpc) is 3.05. The Morgan fingerprint density at radius 3 is 1.98 bits per heavy atom. The summed E-state index contributed by atoms with van der Waals surface area (Å²) in [7, 11) is 1.55. The molecule has 1 aliphatic rings. The van der Waals surface area contributed by atoms with Gasteiger partial charge in [0.15, 0.2) is 0 Å². The molecule has 46 heavy (non-hydrogen) atoms. The Balaban J connectivity index is 1.66. The molecule has 12 nitrogen and oxygen atoms in total. The summed E-state index contributed by atoms with van der Waals surface area (Å²) in [5.41, 5.74) is -3.25. The minimum Gasteiger partial charge on any atom is -0.859 e. The maximum atomic E-state index is 14.2. The first-order chi connectivity index (χ1) is 22.3. The summed E-state index contributed by atoms with van der Waals surface area (Å²) in [6.07, 6.45) is 3.33. The van der Waals surface area contributed by atoms with Crippen LogP contribution in [0.25, 0.3) is 11.4 Å². The molecule has 0 amide bonds. The predicted molar refractivity (Wildman–Crippen MR) is 169 cm³/mol. The molecular weight excluding hydrogens is 590 g/mol. The van der Waals surface area contributed by atoms with Gasteiger partial charge in [0.25, 0.3) is 11.1 Å². The minimum atomic E-state index is -1.49. The fourth-order valence-corrected chi connectivity index (χ4v) is 6.30. The van der Waals surface area contributed by atoms with Gasteiger partial charge in [-0.1, -0.05) is 42.5 Å². The zero-order valence-corrected chi connectivity index (χ0v) is 25.1. The number of methoxy groups -OCH3 is 1. The van der Waals surface area contributed by atoms with E-state index in [9.17, 15) is 29.4 Å². The zero-order valence-electron chi connectivity index (χ0n) is 25.1. The molecule has 236 valence electrons. The van der Waals surface area contributed by atoms with Gasteiger partial charge in [-0.3, -0.25) is 24.1 Å². The van der Waals surface area contributed by atoms with Crippen LogP contribution in [-0.4, -0.2) is 44.4 Å². The molecule has 0 spiro atoms. The summed E-state index contributed by atoms with van der Waals surface area (Å²) in [4.78, 5) is 59.2. The van der Waals surface area contributed by atoms with Gasteiger partial charge in [0.05, 0.1) is 37.4 Å². The van der Waals surface area contributed by atoms with Crippen molar-refractivity contribution in [3.63, 3.8) is 0 Å². The fourth-order valence-electron chi connectivity index (χ4n) is 6.30. The van der Waals surface area contributed by atoms with Crippen LogP contribution in [0.5, 0.6) is 17.5 Å². The Hall–Kier alpha value is -5.62. The third kappa shape index (κ3) is 5.66. The Bertz CT molecular complexity index is 1990. The van der Waals surface area contributed by atoms with E-state index in [4.69, 9.17) is 4.74 Å². The van der Waals surface area contributed by atoms with Gasteiger partial charge in [-0.05, 0) is 67.1 Å². The number of aromatic amines is 2. The number of para-hydroxylation sites is 2. The van der Waals surface area contributed by atoms with E-state index < -0.39 is 51.3 Å². The van der Waals surface area contributed by atoms with Crippen LogP contribution in [-0.2, 0) is 6.54 Å². The maximum Gasteiger partial charge on any atom is 0.335 e. The van der Waals surface area contributed by atoms with Gasteiger partial charge in [0.1, 0.15) is 12.3 Å². The number of hydrogen-bond acceptors (Lipinski definition) is 7. The molecule has 3 aromatic carbocycles. The van der Waals surface area contributed by atoms with Crippen molar-refractivity contribution in [3.05, 3.63) is 143 Å². The number of piperidine rings is 1. The molecule has 1 unspecified atom stereocenters. The SMILES string of the molecule is COc1ccc(C(c2c([O-])n(-c3ccccc3)c(=O)[nH]c2=O)c2c(O)n(-c3ccccc3)c(=O)[nH]c2=O)cc1C[NH+]1CCCCC1. The van der Waals surface area contributed by atoms with Crippen molar-refractivity contribution >= 4 is 0 Å².